The van der Waals surface area contributed by atoms with E-state index in [9.17, 15) is 12.8 Å². The summed E-state index contributed by atoms with van der Waals surface area (Å²) >= 11 is 5.73. The van der Waals surface area contributed by atoms with Crippen LogP contribution in [0.2, 0.25) is 5.02 Å². The molecule has 1 heterocycles. The van der Waals surface area contributed by atoms with Gasteiger partial charge in [0, 0.05) is 21.6 Å². The third kappa shape index (κ3) is 1.79. The maximum atomic E-state index is 13.1. The minimum absolute atomic E-state index is 0.00432. The van der Waals surface area contributed by atoms with Crippen LogP contribution in [0.1, 0.15) is 5.56 Å². The highest BCUT2D eigenvalue weighted by molar-refractivity contribution is 8.13. The van der Waals surface area contributed by atoms with E-state index >= 15 is 0 Å². The lowest BCUT2D eigenvalue weighted by Crippen LogP contribution is -1.89. The van der Waals surface area contributed by atoms with Crippen LogP contribution in [0.15, 0.2) is 21.6 Å². The maximum absolute atomic E-state index is 13.1. The van der Waals surface area contributed by atoms with E-state index in [1.54, 1.807) is 0 Å². The van der Waals surface area contributed by atoms with Crippen LogP contribution >= 0.6 is 22.3 Å². The van der Waals surface area contributed by atoms with Gasteiger partial charge in [0.15, 0.2) is 5.58 Å². The standard InChI is InChI=1S/C9H5Cl2FO3S/c1-4-6-2-5(12)3-7(10)8(6)15-9(4)16(11,13)14/h2-3H,1H3. The van der Waals surface area contributed by atoms with Gasteiger partial charge in [-0.25, -0.2) is 12.8 Å². The summed E-state index contributed by atoms with van der Waals surface area (Å²) in [5.41, 5.74) is 0.353. The Bertz CT molecular complexity index is 676. The Kier molecular flexibility index (Phi) is 2.64. The van der Waals surface area contributed by atoms with Crippen molar-refractivity contribution >= 4 is 42.3 Å². The van der Waals surface area contributed by atoms with E-state index in [1.165, 1.54) is 6.92 Å². The fourth-order valence-corrected chi connectivity index (χ4v) is 2.80. The number of rotatable bonds is 1. The highest BCUT2D eigenvalue weighted by Crippen LogP contribution is 2.35. The summed E-state index contributed by atoms with van der Waals surface area (Å²) in [7, 11) is 1.17. The number of aryl methyl sites for hydroxylation is 1. The molecule has 0 bridgehead atoms. The molecule has 0 aliphatic rings. The zero-order valence-corrected chi connectivity index (χ0v) is 10.2. The molecule has 0 fully saturated rings. The summed E-state index contributed by atoms with van der Waals surface area (Å²) in [5, 5.41) is -0.106. The molecule has 0 radical (unpaired) electrons. The molecule has 16 heavy (non-hydrogen) atoms. The van der Waals surface area contributed by atoms with Crippen molar-refractivity contribution in [3.05, 3.63) is 28.5 Å². The molecule has 86 valence electrons. The van der Waals surface area contributed by atoms with Crippen LogP contribution in [-0.2, 0) is 9.05 Å². The molecule has 2 rings (SSSR count). The minimum atomic E-state index is -4.00. The number of hydrogen-bond acceptors (Lipinski definition) is 3. The van der Waals surface area contributed by atoms with Crippen LogP contribution in [0.3, 0.4) is 0 Å². The largest absolute Gasteiger partial charge is 0.441 e. The monoisotopic (exact) mass is 282 g/mol. The summed E-state index contributed by atoms with van der Waals surface area (Å²) in [6.07, 6.45) is 0. The van der Waals surface area contributed by atoms with E-state index in [0.717, 1.165) is 12.1 Å². The number of benzene rings is 1. The second-order valence-corrected chi connectivity index (χ2v) is 6.09. The Morgan fingerprint density at radius 2 is 2.00 bits per heavy atom. The SMILES string of the molecule is Cc1c(S(=O)(=O)Cl)oc2c(Cl)cc(F)cc12. The van der Waals surface area contributed by atoms with Crippen molar-refractivity contribution in [1.29, 1.82) is 0 Å². The molecule has 0 saturated carbocycles. The van der Waals surface area contributed by atoms with Crippen LogP contribution < -0.4 is 0 Å². The lowest BCUT2D eigenvalue weighted by atomic mass is 10.2. The van der Waals surface area contributed by atoms with Gasteiger partial charge < -0.3 is 4.42 Å². The summed E-state index contributed by atoms with van der Waals surface area (Å²) in [5.74, 6) is -0.570. The number of halogens is 3. The van der Waals surface area contributed by atoms with E-state index in [0.29, 0.717) is 5.39 Å². The summed E-state index contributed by atoms with van der Waals surface area (Å²) in [4.78, 5) is 0. The van der Waals surface area contributed by atoms with E-state index < -0.39 is 20.0 Å². The predicted molar refractivity (Wildman–Crippen MR) is 59.0 cm³/mol. The fraction of sp³-hybridized carbons (Fsp3) is 0.111. The average molecular weight is 283 g/mol. The first kappa shape index (κ1) is 11.7. The van der Waals surface area contributed by atoms with Crippen LogP contribution in [-0.4, -0.2) is 8.42 Å². The van der Waals surface area contributed by atoms with Gasteiger partial charge in [0.1, 0.15) is 5.82 Å². The van der Waals surface area contributed by atoms with Gasteiger partial charge >= 0.3 is 0 Å². The third-order valence-electron chi connectivity index (χ3n) is 2.13. The summed E-state index contributed by atoms with van der Waals surface area (Å²) in [6, 6.07) is 2.18. The fourth-order valence-electron chi connectivity index (χ4n) is 1.45. The molecule has 1 aromatic carbocycles. The molecule has 0 aliphatic carbocycles. The second-order valence-electron chi connectivity index (χ2n) is 3.22. The molecule has 2 aromatic rings. The van der Waals surface area contributed by atoms with Crippen molar-refractivity contribution in [3.63, 3.8) is 0 Å². The quantitative estimate of drug-likeness (QED) is 0.753. The molecule has 0 aliphatic heterocycles. The molecule has 1 aromatic heterocycles. The van der Waals surface area contributed by atoms with Crippen molar-refractivity contribution in [2.24, 2.45) is 0 Å². The second kappa shape index (κ2) is 3.61. The Morgan fingerprint density at radius 3 is 2.56 bits per heavy atom. The van der Waals surface area contributed by atoms with Crippen LogP contribution in [0.4, 0.5) is 4.39 Å². The zero-order valence-electron chi connectivity index (χ0n) is 7.92. The van der Waals surface area contributed by atoms with Gasteiger partial charge in [0.2, 0.25) is 5.09 Å². The summed E-state index contributed by atoms with van der Waals surface area (Å²) in [6.45, 7) is 1.47. The van der Waals surface area contributed by atoms with E-state index in [1.807, 2.05) is 0 Å². The zero-order chi connectivity index (χ0) is 12.1. The van der Waals surface area contributed by atoms with Crippen LogP contribution in [0.25, 0.3) is 11.0 Å². The minimum Gasteiger partial charge on any atom is -0.441 e. The molecule has 0 atom stereocenters. The molecule has 0 saturated heterocycles. The topological polar surface area (TPSA) is 47.3 Å². The third-order valence-corrected chi connectivity index (χ3v) is 3.67. The molecular formula is C9H5Cl2FO3S. The Hall–Kier alpha value is -0.780. The molecule has 7 heteroatoms. The lowest BCUT2D eigenvalue weighted by molar-refractivity contribution is 0.483. The predicted octanol–water partition coefficient (Wildman–Crippen LogP) is 3.46. The van der Waals surface area contributed by atoms with Gasteiger partial charge in [-0.1, -0.05) is 11.6 Å². The van der Waals surface area contributed by atoms with Gasteiger partial charge in [-0.05, 0) is 19.1 Å². The van der Waals surface area contributed by atoms with E-state index in [4.69, 9.17) is 26.7 Å². The molecule has 3 nitrogen and oxygen atoms in total. The Labute approximate surface area is 100 Å². The van der Waals surface area contributed by atoms with E-state index in [2.05, 4.69) is 0 Å². The molecule has 0 unspecified atom stereocenters. The molecule has 0 spiro atoms. The van der Waals surface area contributed by atoms with Crippen molar-refractivity contribution in [2.45, 2.75) is 12.0 Å². The highest BCUT2D eigenvalue weighted by atomic mass is 35.7. The van der Waals surface area contributed by atoms with Gasteiger partial charge in [-0.3, -0.25) is 0 Å². The van der Waals surface area contributed by atoms with E-state index in [-0.39, 0.29) is 16.2 Å². The Balaban J connectivity index is 2.94. The first-order valence-electron chi connectivity index (χ1n) is 4.13. The van der Waals surface area contributed by atoms with Gasteiger partial charge in [-0.15, -0.1) is 0 Å². The maximum Gasteiger partial charge on any atom is 0.294 e. The molecule has 0 N–H and O–H groups in total. The number of furan rings is 1. The highest BCUT2D eigenvalue weighted by Gasteiger charge is 2.23. The van der Waals surface area contributed by atoms with Gasteiger partial charge in [0.05, 0.1) is 5.02 Å². The lowest BCUT2D eigenvalue weighted by Gasteiger charge is -1.93. The first-order valence-corrected chi connectivity index (χ1v) is 6.82. The van der Waals surface area contributed by atoms with Crippen molar-refractivity contribution in [1.82, 2.24) is 0 Å². The van der Waals surface area contributed by atoms with Crippen LogP contribution in [0, 0.1) is 12.7 Å². The smallest absolute Gasteiger partial charge is 0.294 e. The van der Waals surface area contributed by atoms with Crippen molar-refractivity contribution in [3.8, 4) is 0 Å². The van der Waals surface area contributed by atoms with Crippen molar-refractivity contribution in [2.75, 3.05) is 0 Å². The van der Waals surface area contributed by atoms with Gasteiger partial charge in [-0.2, -0.15) is 0 Å². The van der Waals surface area contributed by atoms with Gasteiger partial charge in [0.25, 0.3) is 9.05 Å². The molecular weight excluding hydrogens is 278 g/mol. The van der Waals surface area contributed by atoms with Crippen molar-refractivity contribution < 1.29 is 17.2 Å². The van der Waals surface area contributed by atoms with Crippen LogP contribution in [0.5, 0.6) is 0 Å². The Morgan fingerprint density at radius 1 is 1.38 bits per heavy atom. The normalized spacial score (nSPS) is 12.2. The number of hydrogen-bond donors (Lipinski definition) is 0. The average Bonchev–Trinajstić information content (AvgIpc) is 2.43. The first-order chi connectivity index (χ1) is 7.30. The number of fused-ring (bicyclic) bond motifs is 1. The summed E-state index contributed by atoms with van der Waals surface area (Å²) < 4.78 is 40.4. The molecule has 0 amide bonds.